The first-order valence-electron chi connectivity index (χ1n) is 9.42. The molecule has 11 heteroatoms. The van der Waals surface area contributed by atoms with Gasteiger partial charge in [-0.05, 0) is 36.4 Å². The Morgan fingerprint density at radius 3 is 1.79 bits per heavy atom. The lowest BCUT2D eigenvalue weighted by atomic mass is 10.1. The van der Waals surface area contributed by atoms with Crippen molar-refractivity contribution in [1.82, 2.24) is 15.0 Å². The lowest BCUT2D eigenvalue weighted by molar-refractivity contribution is -0.186. The Bertz CT molecular complexity index is 1240. The summed E-state index contributed by atoms with van der Waals surface area (Å²) < 4.78 is 10.2. The van der Waals surface area contributed by atoms with E-state index in [0.29, 0.717) is 0 Å². The lowest BCUT2D eigenvalue weighted by Gasteiger charge is -2.19. The summed E-state index contributed by atoms with van der Waals surface area (Å²) >= 11 is 0. The average Bonchev–Trinajstić information content (AvgIpc) is 2.77. The molecule has 3 aromatic rings. The molecule has 3 heterocycles. The molecule has 0 atom stereocenters. The van der Waals surface area contributed by atoms with Gasteiger partial charge in [-0.15, -0.1) is 0 Å². The van der Waals surface area contributed by atoms with Gasteiger partial charge in [0, 0.05) is 13.8 Å². The Labute approximate surface area is 186 Å². The van der Waals surface area contributed by atoms with Gasteiger partial charge < -0.3 is 19.7 Å². The minimum Gasteiger partial charge on any atom is -0.477 e. The minimum atomic E-state index is -1.50. The van der Waals surface area contributed by atoms with Gasteiger partial charge in [0.05, 0.1) is 22.6 Å². The van der Waals surface area contributed by atoms with Crippen LogP contribution in [0.25, 0.3) is 22.8 Å². The smallest absolute Gasteiger partial charge is 0.354 e. The van der Waals surface area contributed by atoms with E-state index >= 15 is 0 Å². The molecule has 0 aliphatic heterocycles. The number of pyridine rings is 3. The van der Waals surface area contributed by atoms with Crippen molar-refractivity contribution in [2.24, 2.45) is 0 Å². The number of aromatic carboxylic acids is 2. The van der Waals surface area contributed by atoms with E-state index in [0.717, 1.165) is 13.8 Å². The number of esters is 2. The zero-order valence-electron chi connectivity index (χ0n) is 17.4. The monoisotopic (exact) mass is 451 g/mol. The third-order valence-corrected chi connectivity index (χ3v) is 4.17. The number of carboxylic acids is 2. The molecule has 0 spiro atoms. The van der Waals surface area contributed by atoms with Crippen LogP contribution in [0.3, 0.4) is 0 Å². The topological polar surface area (TPSA) is 166 Å². The number of aromatic nitrogens is 3. The zero-order valence-corrected chi connectivity index (χ0v) is 17.4. The Morgan fingerprint density at radius 1 is 0.697 bits per heavy atom. The number of ether oxygens (including phenoxy) is 2. The number of carbonyl (C=O) groups is 4. The lowest BCUT2D eigenvalue weighted by Crippen LogP contribution is -2.17. The van der Waals surface area contributed by atoms with E-state index in [9.17, 15) is 29.4 Å². The molecule has 168 valence electrons. The van der Waals surface area contributed by atoms with Gasteiger partial charge in [-0.2, -0.15) is 0 Å². The normalized spacial score (nSPS) is 10.5. The minimum absolute atomic E-state index is 0.0151. The number of rotatable bonds is 7. The summed E-state index contributed by atoms with van der Waals surface area (Å²) in [6, 6.07) is 11.5. The Hall–Kier alpha value is -4.67. The van der Waals surface area contributed by atoms with Crippen molar-refractivity contribution in [2.45, 2.75) is 20.1 Å². The van der Waals surface area contributed by atoms with Gasteiger partial charge in [-0.1, -0.05) is 12.1 Å². The molecule has 0 aromatic carbocycles. The average molecular weight is 451 g/mol. The molecule has 0 saturated heterocycles. The highest BCUT2D eigenvalue weighted by Gasteiger charge is 2.25. The molecule has 0 aliphatic rings. The van der Waals surface area contributed by atoms with Crippen LogP contribution in [0.15, 0.2) is 48.5 Å². The molecule has 0 amide bonds. The largest absolute Gasteiger partial charge is 0.477 e. The standard InChI is InChI=1S/C22H17N3O8/c1-11(26)32-22(33-12(2)27)13-9-10-18(21(30)31)25-19(13)16-7-3-5-14(23-16)15-6-4-8-17(24-15)20(28)29/h3-10,22H,1-2H3,(H,28,29)(H,30,31). The van der Waals surface area contributed by atoms with Gasteiger partial charge in [-0.25, -0.2) is 24.5 Å². The summed E-state index contributed by atoms with van der Waals surface area (Å²) in [4.78, 5) is 58.4. The first-order chi connectivity index (χ1) is 15.7. The summed E-state index contributed by atoms with van der Waals surface area (Å²) in [6.07, 6.45) is -1.50. The molecule has 3 aromatic heterocycles. The predicted octanol–water partition coefficient (Wildman–Crippen LogP) is 2.73. The number of carbonyl (C=O) groups excluding carboxylic acids is 2. The van der Waals surface area contributed by atoms with Crippen LogP contribution < -0.4 is 0 Å². The van der Waals surface area contributed by atoms with Gasteiger partial charge >= 0.3 is 23.9 Å². The SMILES string of the molecule is CC(=O)OC(OC(C)=O)c1ccc(C(=O)O)nc1-c1cccc(-c2cccc(C(=O)O)n2)n1. The van der Waals surface area contributed by atoms with Crippen molar-refractivity contribution in [3.63, 3.8) is 0 Å². The number of hydrogen-bond donors (Lipinski definition) is 2. The predicted molar refractivity (Wildman–Crippen MR) is 111 cm³/mol. The van der Waals surface area contributed by atoms with Crippen molar-refractivity contribution >= 4 is 23.9 Å². The maximum atomic E-state index is 11.6. The number of nitrogens with zero attached hydrogens (tertiary/aromatic N) is 3. The Morgan fingerprint density at radius 2 is 1.21 bits per heavy atom. The van der Waals surface area contributed by atoms with Crippen LogP contribution in [-0.4, -0.2) is 49.0 Å². The highest BCUT2D eigenvalue weighted by molar-refractivity contribution is 5.87. The van der Waals surface area contributed by atoms with Crippen LogP contribution in [-0.2, 0) is 19.1 Å². The zero-order chi connectivity index (χ0) is 24.1. The van der Waals surface area contributed by atoms with E-state index in [1.54, 1.807) is 18.2 Å². The third kappa shape index (κ3) is 5.53. The fourth-order valence-corrected chi connectivity index (χ4v) is 2.84. The number of carboxylic acid groups (broad SMARTS) is 2. The molecule has 11 nitrogen and oxygen atoms in total. The van der Waals surface area contributed by atoms with Crippen LogP contribution in [0.5, 0.6) is 0 Å². The van der Waals surface area contributed by atoms with E-state index in [1.165, 1.54) is 30.3 Å². The highest BCUT2D eigenvalue weighted by atomic mass is 16.7. The molecule has 0 radical (unpaired) electrons. The maximum absolute atomic E-state index is 11.6. The van der Waals surface area contributed by atoms with Crippen LogP contribution in [0.1, 0.15) is 46.7 Å². The molecule has 33 heavy (non-hydrogen) atoms. The first-order valence-corrected chi connectivity index (χ1v) is 9.42. The van der Waals surface area contributed by atoms with Crippen LogP contribution in [0.4, 0.5) is 0 Å². The first kappa shape index (κ1) is 23.0. The van der Waals surface area contributed by atoms with Crippen LogP contribution in [0, 0.1) is 0 Å². The van der Waals surface area contributed by atoms with E-state index < -0.39 is 30.2 Å². The van der Waals surface area contributed by atoms with Crippen molar-refractivity contribution in [1.29, 1.82) is 0 Å². The van der Waals surface area contributed by atoms with E-state index in [-0.39, 0.29) is 39.7 Å². The Balaban J connectivity index is 2.17. The van der Waals surface area contributed by atoms with E-state index in [2.05, 4.69) is 15.0 Å². The summed E-state index contributed by atoms with van der Waals surface area (Å²) in [5.41, 5.74) is 0.246. The second-order valence-corrected chi connectivity index (χ2v) is 6.61. The summed E-state index contributed by atoms with van der Waals surface area (Å²) in [7, 11) is 0. The molecular weight excluding hydrogens is 434 g/mol. The van der Waals surface area contributed by atoms with E-state index in [1.807, 2.05) is 0 Å². The molecule has 0 fully saturated rings. The fourth-order valence-electron chi connectivity index (χ4n) is 2.84. The summed E-state index contributed by atoms with van der Waals surface area (Å²) in [5, 5.41) is 18.6. The second kappa shape index (κ2) is 9.64. The molecule has 2 N–H and O–H groups in total. The van der Waals surface area contributed by atoms with Gasteiger partial charge in [0.15, 0.2) is 0 Å². The van der Waals surface area contributed by atoms with Gasteiger partial charge in [0.25, 0.3) is 6.29 Å². The number of hydrogen-bond acceptors (Lipinski definition) is 9. The fraction of sp³-hybridized carbons (Fsp3) is 0.136. The third-order valence-electron chi connectivity index (χ3n) is 4.17. The Kier molecular flexibility index (Phi) is 6.72. The summed E-state index contributed by atoms with van der Waals surface area (Å²) in [5.74, 6) is -4.01. The second-order valence-electron chi connectivity index (χ2n) is 6.61. The van der Waals surface area contributed by atoms with Gasteiger partial charge in [0.2, 0.25) is 0 Å². The van der Waals surface area contributed by atoms with Crippen molar-refractivity contribution in [3.8, 4) is 22.8 Å². The maximum Gasteiger partial charge on any atom is 0.354 e. The van der Waals surface area contributed by atoms with Crippen molar-refractivity contribution in [3.05, 3.63) is 65.5 Å². The van der Waals surface area contributed by atoms with Crippen molar-refractivity contribution < 1.29 is 38.9 Å². The highest BCUT2D eigenvalue weighted by Crippen LogP contribution is 2.30. The molecule has 0 bridgehead atoms. The van der Waals surface area contributed by atoms with Crippen LogP contribution in [0.2, 0.25) is 0 Å². The quantitative estimate of drug-likeness (QED) is 0.400. The molecule has 0 saturated carbocycles. The van der Waals surface area contributed by atoms with E-state index in [4.69, 9.17) is 9.47 Å². The van der Waals surface area contributed by atoms with Gasteiger partial charge in [0.1, 0.15) is 17.1 Å². The molecule has 0 aliphatic carbocycles. The van der Waals surface area contributed by atoms with Crippen LogP contribution >= 0.6 is 0 Å². The summed E-state index contributed by atoms with van der Waals surface area (Å²) in [6.45, 7) is 2.24. The molecular formula is C22H17N3O8. The molecule has 3 rings (SSSR count). The van der Waals surface area contributed by atoms with Gasteiger partial charge in [-0.3, -0.25) is 9.59 Å². The molecule has 0 unspecified atom stereocenters. The van der Waals surface area contributed by atoms with Crippen molar-refractivity contribution in [2.75, 3.05) is 0 Å².